The van der Waals surface area contributed by atoms with Gasteiger partial charge in [-0.1, -0.05) is 20.8 Å². The molecular weight excluding hydrogens is 320 g/mol. The van der Waals surface area contributed by atoms with Crippen LogP contribution in [-0.4, -0.2) is 46.3 Å². The first-order valence-electron chi connectivity index (χ1n) is 9.70. The molecular formula is C20H24O5. The Labute approximate surface area is 146 Å². The Kier molecular flexibility index (Phi) is 2.04. The van der Waals surface area contributed by atoms with E-state index in [2.05, 4.69) is 20.8 Å². The summed E-state index contributed by atoms with van der Waals surface area (Å²) in [5, 5.41) is 11.4. The zero-order valence-corrected chi connectivity index (χ0v) is 14.8. The van der Waals surface area contributed by atoms with Crippen molar-refractivity contribution in [2.45, 2.75) is 87.2 Å². The maximum Gasteiger partial charge on any atom is 0.155 e. The minimum atomic E-state index is -0.600. The van der Waals surface area contributed by atoms with Crippen LogP contribution < -0.4 is 0 Å². The van der Waals surface area contributed by atoms with Crippen molar-refractivity contribution < 1.29 is 23.7 Å². The third kappa shape index (κ3) is 1.12. The van der Waals surface area contributed by atoms with Crippen molar-refractivity contribution in [2.75, 3.05) is 0 Å². The molecule has 4 heterocycles. The van der Waals surface area contributed by atoms with Crippen molar-refractivity contribution in [1.29, 1.82) is 0 Å². The first-order valence-corrected chi connectivity index (χ1v) is 9.70. The second-order valence-corrected chi connectivity index (χ2v) is 9.68. The lowest BCUT2D eigenvalue weighted by Gasteiger charge is -2.53. The highest BCUT2D eigenvalue weighted by Gasteiger charge is 3.00. The van der Waals surface area contributed by atoms with Gasteiger partial charge in [0.2, 0.25) is 0 Å². The van der Waals surface area contributed by atoms with Gasteiger partial charge in [0.25, 0.3) is 0 Å². The molecule has 1 aromatic heterocycles. The Morgan fingerprint density at radius 2 is 2.00 bits per heavy atom. The molecule has 0 amide bonds. The lowest BCUT2D eigenvalue weighted by Crippen LogP contribution is -2.68. The van der Waals surface area contributed by atoms with Gasteiger partial charge in [0.15, 0.2) is 5.60 Å². The van der Waals surface area contributed by atoms with Gasteiger partial charge >= 0.3 is 0 Å². The van der Waals surface area contributed by atoms with Crippen LogP contribution in [-0.2, 0) is 20.6 Å². The highest BCUT2D eigenvalue weighted by Crippen LogP contribution is 2.83. The van der Waals surface area contributed by atoms with Gasteiger partial charge in [-0.05, 0) is 42.2 Å². The largest absolute Gasteiger partial charge is 0.472 e. The maximum absolute atomic E-state index is 11.4. The van der Waals surface area contributed by atoms with Crippen molar-refractivity contribution in [3.05, 3.63) is 23.7 Å². The fourth-order valence-corrected chi connectivity index (χ4v) is 7.48. The van der Waals surface area contributed by atoms with E-state index in [1.165, 1.54) is 11.1 Å². The first-order chi connectivity index (χ1) is 11.9. The van der Waals surface area contributed by atoms with E-state index in [0.717, 1.165) is 19.3 Å². The van der Waals surface area contributed by atoms with Crippen LogP contribution in [0.15, 0.2) is 16.9 Å². The van der Waals surface area contributed by atoms with Gasteiger partial charge in [0.05, 0.1) is 18.6 Å². The molecule has 5 fully saturated rings. The van der Waals surface area contributed by atoms with E-state index < -0.39 is 22.9 Å². The van der Waals surface area contributed by atoms with E-state index in [-0.39, 0.29) is 29.6 Å². The van der Waals surface area contributed by atoms with Crippen LogP contribution in [0.4, 0.5) is 0 Å². The maximum atomic E-state index is 11.4. The zero-order valence-electron chi connectivity index (χ0n) is 14.8. The van der Waals surface area contributed by atoms with Gasteiger partial charge < -0.3 is 23.7 Å². The lowest BCUT2D eigenvalue weighted by atomic mass is 9.47. The summed E-state index contributed by atoms with van der Waals surface area (Å²) in [5.41, 5.74) is 1.17. The minimum Gasteiger partial charge on any atom is -0.472 e. The molecule has 3 saturated heterocycles. The summed E-state index contributed by atoms with van der Waals surface area (Å²) in [6.45, 7) is 6.63. The number of rotatable bonds is 1. The molecule has 6 aliphatic rings. The quantitative estimate of drug-likeness (QED) is 0.791. The van der Waals surface area contributed by atoms with Crippen LogP contribution in [0.25, 0.3) is 0 Å². The smallest absolute Gasteiger partial charge is 0.155 e. The van der Waals surface area contributed by atoms with E-state index in [4.69, 9.17) is 18.6 Å². The molecule has 7 rings (SSSR count). The number of epoxide rings is 3. The van der Waals surface area contributed by atoms with E-state index in [1.807, 2.05) is 12.5 Å². The predicted octanol–water partition coefficient (Wildman–Crippen LogP) is 2.16. The van der Waals surface area contributed by atoms with Crippen molar-refractivity contribution in [1.82, 2.24) is 0 Å². The van der Waals surface area contributed by atoms with Crippen molar-refractivity contribution in [3.63, 3.8) is 0 Å². The molecule has 2 saturated carbocycles. The predicted molar refractivity (Wildman–Crippen MR) is 86.2 cm³/mol. The molecule has 0 unspecified atom stereocenters. The molecule has 0 bridgehead atoms. The Bertz CT molecular complexity index is 817. The summed E-state index contributed by atoms with van der Waals surface area (Å²) in [6, 6.07) is 0. The van der Waals surface area contributed by atoms with Gasteiger partial charge in [-0.3, -0.25) is 0 Å². The Morgan fingerprint density at radius 3 is 2.80 bits per heavy atom. The summed E-state index contributed by atoms with van der Waals surface area (Å²) >= 11 is 0. The Hall–Kier alpha value is -0.880. The molecule has 1 aromatic rings. The second-order valence-electron chi connectivity index (χ2n) is 9.68. The fourth-order valence-electron chi connectivity index (χ4n) is 7.48. The van der Waals surface area contributed by atoms with Crippen molar-refractivity contribution >= 4 is 0 Å². The topological polar surface area (TPSA) is 71.0 Å². The number of aryl methyl sites for hydroxylation is 1. The van der Waals surface area contributed by atoms with Crippen LogP contribution in [0.5, 0.6) is 0 Å². The summed E-state index contributed by atoms with van der Waals surface area (Å²) in [6.07, 6.45) is 6.36. The molecule has 0 aromatic carbocycles. The van der Waals surface area contributed by atoms with E-state index in [9.17, 15) is 5.11 Å². The highest BCUT2D eigenvalue weighted by atomic mass is 16.7. The molecule has 1 N–H and O–H groups in total. The molecule has 0 radical (unpaired) electrons. The summed E-state index contributed by atoms with van der Waals surface area (Å²) in [7, 11) is 0. The van der Waals surface area contributed by atoms with Gasteiger partial charge in [-0.15, -0.1) is 0 Å². The molecule has 9 atom stereocenters. The van der Waals surface area contributed by atoms with E-state index in [1.54, 1.807) is 0 Å². The SMILES string of the molecule is CC(C)[C@@]12O[C@H]1[C@@H]1O[C@]13[C@]1(O[C@H]1C[C@H]1c4cocc4CC[C@@]13C)[C@@H]2O. The Balaban J connectivity index is 1.41. The number of aliphatic hydroxyl groups is 1. The van der Waals surface area contributed by atoms with E-state index >= 15 is 0 Å². The number of ether oxygens (including phenoxy) is 3. The number of hydrogen-bond donors (Lipinski definition) is 1. The standard InChI is InChI=1S/C20H24O5/c1-9(2)18-14(24-18)15-20(25-15)17(3)5-4-10-7-22-8-11(10)12(17)6-13-19(20,23-13)16(18)21/h7-9,12-16,21H,4-6H2,1-3H3/t12-,13-,14-,15-,16+,17-,18+,19+,20+/m0/s1. The molecule has 25 heavy (non-hydrogen) atoms. The molecule has 2 spiro atoms. The summed E-state index contributed by atoms with van der Waals surface area (Å²) in [5.74, 6) is 0.629. The third-order valence-corrected chi connectivity index (χ3v) is 8.86. The summed E-state index contributed by atoms with van der Waals surface area (Å²) < 4.78 is 24.6. The highest BCUT2D eigenvalue weighted by molar-refractivity contribution is 5.50. The van der Waals surface area contributed by atoms with Crippen LogP contribution in [0.1, 0.15) is 50.7 Å². The van der Waals surface area contributed by atoms with E-state index in [0.29, 0.717) is 5.92 Å². The molecule has 3 aliphatic heterocycles. The minimum absolute atomic E-state index is 0.0132. The van der Waals surface area contributed by atoms with Gasteiger partial charge in [-0.2, -0.15) is 0 Å². The molecule has 3 aliphatic carbocycles. The van der Waals surface area contributed by atoms with Gasteiger partial charge in [0.1, 0.15) is 29.5 Å². The monoisotopic (exact) mass is 344 g/mol. The third-order valence-electron chi connectivity index (χ3n) is 8.86. The van der Waals surface area contributed by atoms with Crippen LogP contribution >= 0.6 is 0 Å². The average molecular weight is 344 g/mol. The number of aliphatic hydroxyl groups excluding tert-OH is 1. The molecule has 134 valence electrons. The number of hydrogen-bond acceptors (Lipinski definition) is 5. The molecule has 5 heteroatoms. The summed E-state index contributed by atoms with van der Waals surface area (Å²) in [4.78, 5) is 0. The van der Waals surface area contributed by atoms with Crippen molar-refractivity contribution in [3.8, 4) is 0 Å². The van der Waals surface area contributed by atoms with Crippen LogP contribution in [0.3, 0.4) is 0 Å². The Morgan fingerprint density at radius 1 is 1.16 bits per heavy atom. The second kappa shape index (κ2) is 3.59. The van der Waals surface area contributed by atoms with Gasteiger partial charge in [-0.25, -0.2) is 0 Å². The molecule has 5 nitrogen and oxygen atoms in total. The van der Waals surface area contributed by atoms with Crippen LogP contribution in [0, 0.1) is 11.3 Å². The normalized spacial score (nSPS) is 62.0. The fraction of sp³-hybridized carbons (Fsp3) is 0.800. The average Bonchev–Trinajstić information content (AvgIpc) is 3.46. The van der Waals surface area contributed by atoms with Crippen LogP contribution in [0.2, 0.25) is 0 Å². The van der Waals surface area contributed by atoms with Crippen molar-refractivity contribution in [2.24, 2.45) is 11.3 Å². The van der Waals surface area contributed by atoms with Gasteiger partial charge in [0, 0.05) is 5.41 Å². The number of fused-ring (bicyclic) bond motifs is 5. The number of furan rings is 1. The first kappa shape index (κ1) is 14.2. The lowest BCUT2D eigenvalue weighted by molar-refractivity contribution is -0.0920. The zero-order chi connectivity index (χ0) is 17.0.